The van der Waals surface area contributed by atoms with Gasteiger partial charge in [0.15, 0.2) is 5.84 Å². The maximum atomic E-state index is 12.2. The summed E-state index contributed by atoms with van der Waals surface area (Å²) in [6.07, 6.45) is 2.38. The minimum atomic E-state index is -0.0736. The zero-order valence-corrected chi connectivity index (χ0v) is 19.8. The first-order valence-electron chi connectivity index (χ1n) is 12.0. The van der Waals surface area contributed by atoms with Crippen molar-refractivity contribution < 1.29 is 4.79 Å². The molecule has 0 aliphatic carbocycles. The molecule has 1 amide bonds. The van der Waals surface area contributed by atoms with Crippen LogP contribution in [0.4, 0.5) is 0 Å². The van der Waals surface area contributed by atoms with Crippen molar-refractivity contribution in [1.82, 2.24) is 20.4 Å². The van der Waals surface area contributed by atoms with Gasteiger partial charge in [0.25, 0.3) is 5.91 Å². The summed E-state index contributed by atoms with van der Waals surface area (Å²) in [7, 11) is 0. The number of likely N-dealkylation sites (tertiary alicyclic amines) is 1. The van der Waals surface area contributed by atoms with Crippen LogP contribution >= 0.6 is 0 Å². The molecule has 0 bridgehead atoms. The molecule has 0 unspecified atom stereocenters. The average Bonchev–Trinajstić information content (AvgIpc) is 3.53. The number of aliphatic imine (C=N–C) groups is 1. The molecule has 0 atom stereocenters. The van der Waals surface area contributed by atoms with Gasteiger partial charge in [-0.1, -0.05) is 18.2 Å². The van der Waals surface area contributed by atoms with Gasteiger partial charge in [-0.15, -0.1) is 0 Å². The van der Waals surface area contributed by atoms with Crippen molar-refractivity contribution in [3.05, 3.63) is 65.7 Å². The number of aromatic nitrogens is 2. The van der Waals surface area contributed by atoms with Crippen LogP contribution in [0, 0.1) is 5.41 Å². The fraction of sp³-hybridized carbons (Fsp3) is 0.259. The van der Waals surface area contributed by atoms with Gasteiger partial charge in [-0.3, -0.25) is 20.2 Å². The van der Waals surface area contributed by atoms with Crippen LogP contribution in [0.25, 0.3) is 32.9 Å². The molecule has 5 rings (SSSR count). The van der Waals surface area contributed by atoms with Gasteiger partial charge in [0.2, 0.25) is 0 Å². The number of nitrogens with one attached hydrogen (secondary N) is 3. The zero-order valence-electron chi connectivity index (χ0n) is 19.8. The van der Waals surface area contributed by atoms with Crippen LogP contribution in [-0.2, 0) is 0 Å². The van der Waals surface area contributed by atoms with E-state index in [1.165, 1.54) is 12.8 Å². The molecule has 8 nitrogen and oxygen atoms in total. The number of hydrogen-bond donors (Lipinski definition) is 4. The highest BCUT2D eigenvalue weighted by molar-refractivity contribution is 6.08. The largest absolute Gasteiger partial charge is 0.386 e. The Bertz CT molecular complexity index is 1450. The maximum absolute atomic E-state index is 12.2. The Kier molecular flexibility index (Phi) is 6.29. The molecule has 1 aliphatic heterocycles. The number of nitrogens with two attached hydrogens (primary N) is 1. The van der Waals surface area contributed by atoms with Crippen molar-refractivity contribution in [1.29, 1.82) is 5.41 Å². The minimum absolute atomic E-state index is 0.0736. The fourth-order valence-corrected chi connectivity index (χ4v) is 4.59. The molecular weight excluding hydrogens is 438 g/mol. The van der Waals surface area contributed by atoms with E-state index in [2.05, 4.69) is 31.5 Å². The summed E-state index contributed by atoms with van der Waals surface area (Å²) in [4.78, 5) is 18.8. The highest BCUT2D eigenvalue weighted by atomic mass is 16.1. The first kappa shape index (κ1) is 22.7. The number of rotatable bonds is 6. The molecule has 178 valence electrons. The second-order valence-electron chi connectivity index (χ2n) is 8.90. The van der Waals surface area contributed by atoms with Crippen LogP contribution in [0.3, 0.4) is 0 Å². The van der Waals surface area contributed by atoms with Gasteiger partial charge in [-0.2, -0.15) is 5.10 Å². The lowest BCUT2D eigenvalue weighted by Gasteiger charge is -2.13. The van der Waals surface area contributed by atoms with Gasteiger partial charge >= 0.3 is 0 Å². The smallest absolute Gasteiger partial charge is 0.251 e. The summed E-state index contributed by atoms with van der Waals surface area (Å²) in [6, 6.07) is 17.5. The van der Waals surface area contributed by atoms with E-state index >= 15 is 0 Å². The molecule has 4 aromatic rings. The molecule has 3 aromatic carbocycles. The van der Waals surface area contributed by atoms with Crippen LogP contribution < -0.4 is 11.1 Å². The number of carbonyl (C=O) groups excluding carboxylic acids is 1. The normalized spacial score (nSPS) is 14.6. The van der Waals surface area contributed by atoms with Gasteiger partial charge in [-0.05, 0) is 80.0 Å². The first-order chi connectivity index (χ1) is 17.0. The Morgan fingerprint density at radius 3 is 2.63 bits per heavy atom. The predicted molar refractivity (Wildman–Crippen MR) is 141 cm³/mol. The molecule has 5 N–H and O–H groups in total. The quantitative estimate of drug-likeness (QED) is 0.254. The fourth-order valence-electron chi connectivity index (χ4n) is 4.59. The van der Waals surface area contributed by atoms with E-state index in [0.29, 0.717) is 30.1 Å². The molecule has 1 saturated heterocycles. The number of H-pyrrole nitrogens is 1. The standard InChI is InChI=1S/C27H29N7O/c1-2-30-27(35)21-8-6-17-13-19(7-5-18(17)14-21)25-22-15-20(9-10-23(22)32-33-25)26(29)31-24(28)16-34-11-3-4-12-34/h5-10,13-15H,2-4,11-12,16H2,1H3,(H,30,35)(H,32,33)(H3,28,29,31). The second-order valence-corrected chi connectivity index (χ2v) is 8.90. The number of amidine groups is 2. The van der Waals surface area contributed by atoms with Gasteiger partial charge in [0, 0.05) is 28.6 Å². The molecule has 1 fully saturated rings. The van der Waals surface area contributed by atoms with E-state index in [-0.39, 0.29) is 11.7 Å². The van der Waals surface area contributed by atoms with E-state index in [4.69, 9.17) is 11.1 Å². The monoisotopic (exact) mass is 467 g/mol. The minimum Gasteiger partial charge on any atom is -0.386 e. The Balaban J connectivity index is 1.43. The number of aromatic amines is 1. The summed E-state index contributed by atoms with van der Waals surface area (Å²) in [5, 5.41) is 21.9. The summed E-state index contributed by atoms with van der Waals surface area (Å²) < 4.78 is 0. The number of nitrogens with zero attached hydrogens (tertiary/aromatic N) is 3. The van der Waals surface area contributed by atoms with Gasteiger partial charge in [0.05, 0.1) is 17.8 Å². The van der Waals surface area contributed by atoms with E-state index < -0.39 is 0 Å². The molecule has 1 aliphatic rings. The lowest BCUT2D eigenvalue weighted by molar-refractivity contribution is 0.0956. The molecule has 0 radical (unpaired) electrons. The number of carbonyl (C=O) groups is 1. The molecule has 1 aromatic heterocycles. The third kappa shape index (κ3) is 4.79. The maximum Gasteiger partial charge on any atom is 0.251 e. The molecule has 0 saturated carbocycles. The topological polar surface area (TPSA) is 123 Å². The lowest BCUT2D eigenvalue weighted by Crippen LogP contribution is -2.32. The van der Waals surface area contributed by atoms with Crippen molar-refractivity contribution in [3.8, 4) is 11.3 Å². The molecule has 0 spiro atoms. The highest BCUT2D eigenvalue weighted by Gasteiger charge is 2.15. The summed E-state index contributed by atoms with van der Waals surface area (Å²) in [5.41, 5.74) is 10.1. The number of benzene rings is 3. The van der Waals surface area contributed by atoms with Crippen molar-refractivity contribution in [2.45, 2.75) is 19.8 Å². The highest BCUT2D eigenvalue weighted by Crippen LogP contribution is 2.30. The van der Waals surface area contributed by atoms with Crippen molar-refractivity contribution >= 4 is 39.3 Å². The summed E-state index contributed by atoms with van der Waals surface area (Å²) in [5.74, 6) is 0.536. The third-order valence-corrected chi connectivity index (χ3v) is 6.39. The van der Waals surface area contributed by atoms with E-state index in [1.54, 1.807) is 0 Å². The number of hydrogen-bond acceptors (Lipinski definition) is 4. The zero-order chi connectivity index (χ0) is 24.4. The van der Waals surface area contributed by atoms with Gasteiger partial charge < -0.3 is 11.1 Å². The van der Waals surface area contributed by atoms with E-state index in [1.807, 2.05) is 55.5 Å². The van der Waals surface area contributed by atoms with Gasteiger partial charge in [0.1, 0.15) is 5.84 Å². The Hall–Kier alpha value is -4.04. The Morgan fingerprint density at radius 2 is 1.83 bits per heavy atom. The molecule has 2 heterocycles. The van der Waals surface area contributed by atoms with Crippen LogP contribution in [0.5, 0.6) is 0 Å². The summed E-state index contributed by atoms with van der Waals surface area (Å²) >= 11 is 0. The third-order valence-electron chi connectivity index (χ3n) is 6.39. The predicted octanol–water partition coefficient (Wildman–Crippen LogP) is 3.91. The summed E-state index contributed by atoms with van der Waals surface area (Å²) in [6.45, 7) is 5.17. The Labute approximate surface area is 203 Å². The van der Waals surface area contributed by atoms with Crippen LogP contribution in [0.2, 0.25) is 0 Å². The average molecular weight is 468 g/mol. The second kappa shape index (κ2) is 9.68. The van der Waals surface area contributed by atoms with Crippen LogP contribution in [0.1, 0.15) is 35.7 Å². The first-order valence-corrected chi connectivity index (χ1v) is 12.0. The number of fused-ring (bicyclic) bond motifs is 2. The van der Waals surface area contributed by atoms with Gasteiger partial charge in [-0.25, -0.2) is 4.99 Å². The molecular formula is C27H29N7O. The molecule has 35 heavy (non-hydrogen) atoms. The molecule has 8 heteroatoms. The van der Waals surface area contributed by atoms with E-state index in [0.717, 1.165) is 46.0 Å². The van der Waals surface area contributed by atoms with Crippen LogP contribution in [0.15, 0.2) is 59.6 Å². The van der Waals surface area contributed by atoms with Crippen LogP contribution in [-0.4, -0.2) is 58.9 Å². The lowest BCUT2D eigenvalue weighted by atomic mass is 10.0. The SMILES string of the molecule is CCNC(=O)c1ccc2cc(-c3n[nH]c4ccc(C(=N)N=C(N)CN5CCCC5)cc34)ccc2c1. The number of amides is 1. The van der Waals surface area contributed by atoms with E-state index in [9.17, 15) is 4.79 Å². The van der Waals surface area contributed by atoms with Crippen molar-refractivity contribution in [3.63, 3.8) is 0 Å². The Morgan fingerprint density at radius 1 is 1.09 bits per heavy atom. The van der Waals surface area contributed by atoms with Crippen molar-refractivity contribution in [2.75, 3.05) is 26.2 Å². The van der Waals surface area contributed by atoms with Crippen molar-refractivity contribution in [2.24, 2.45) is 10.7 Å².